The monoisotopic (exact) mass is 928 g/mol. The minimum absolute atomic E-state index is 0.555. The van der Waals surface area contributed by atoms with Crippen LogP contribution >= 0.6 is 0 Å². The molecule has 73 heavy (non-hydrogen) atoms. The maximum atomic E-state index is 2.49. The Labute approximate surface area is 426 Å². The highest BCUT2D eigenvalue weighted by Crippen LogP contribution is 2.57. The van der Waals surface area contributed by atoms with Crippen molar-refractivity contribution < 1.29 is 0 Å². The molecule has 0 saturated heterocycles. The first-order valence-corrected chi connectivity index (χ1v) is 25.3. The summed E-state index contributed by atoms with van der Waals surface area (Å²) in [5.74, 6) is 0. The minimum Gasteiger partial charge on any atom is -0.310 e. The van der Waals surface area contributed by atoms with Crippen LogP contribution in [0.25, 0.3) is 82.8 Å². The lowest BCUT2D eigenvalue weighted by Crippen LogP contribution is -2.28. The smallest absolute Gasteiger partial charge is 0.0714 e. The molecule has 2 heteroatoms. The molecule has 14 rings (SSSR count). The van der Waals surface area contributed by atoms with E-state index in [2.05, 4.69) is 301 Å². The van der Waals surface area contributed by atoms with Crippen LogP contribution in [-0.4, -0.2) is 4.57 Å². The lowest BCUT2D eigenvalue weighted by Gasteiger charge is -2.35. The molecule has 12 aromatic carbocycles. The molecule has 0 radical (unpaired) electrons. The zero-order valence-electron chi connectivity index (χ0n) is 40.1. The maximum absolute atomic E-state index is 2.49. The van der Waals surface area contributed by atoms with E-state index < -0.39 is 5.41 Å². The van der Waals surface area contributed by atoms with Gasteiger partial charge < -0.3 is 9.47 Å². The highest BCUT2D eigenvalue weighted by Gasteiger charge is 2.46. The van der Waals surface area contributed by atoms with Crippen LogP contribution in [0.3, 0.4) is 0 Å². The summed E-state index contributed by atoms with van der Waals surface area (Å²) < 4.78 is 2.40. The van der Waals surface area contributed by atoms with E-state index in [-0.39, 0.29) is 0 Å². The maximum Gasteiger partial charge on any atom is 0.0714 e. The van der Waals surface area contributed by atoms with E-state index >= 15 is 0 Å². The Morgan fingerprint density at radius 1 is 0.301 bits per heavy atom. The summed E-state index contributed by atoms with van der Waals surface area (Å²) in [6.45, 7) is 0. The first-order chi connectivity index (χ1) is 36.2. The van der Waals surface area contributed by atoms with E-state index in [1.54, 1.807) is 0 Å². The van der Waals surface area contributed by atoms with Crippen molar-refractivity contribution >= 4 is 49.6 Å². The van der Waals surface area contributed by atoms with Gasteiger partial charge in [0.25, 0.3) is 0 Å². The molecular weight excluding hydrogens is 881 g/mol. The molecule has 1 aromatic heterocycles. The van der Waals surface area contributed by atoms with Gasteiger partial charge in [0.1, 0.15) is 0 Å². The second-order valence-electron chi connectivity index (χ2n) is 19.2. The summed E-state index contributed by atoms with van der Waals surface area (Å²) in [4.78, 5) is 2.49. The second kappa shape index (κ2) is 17.4. The number of aromatic nitrogens is 1. The Hall–Kier alpha value is -9.50. The van der Waals surface area contributed by atoms with Crippen LogP contribution in [0.15, 0.2) is 291 Å². The molecule has 13 aromatic rings. The van der Waals surface area contributed by atoms with Crippen LogP contribution in [0.5, 0.6) is 0 Å². The highest BCUT2D eigenvalue weighted by atomic mass is 15.1. The summed E-state index contributed by atoms with van der Waals surface area (Å²) in [5, 5.41) is 4.94. The van der Waals surface area contributed by atoms with Crippen LogP contribution in [0, 0.1) is 0 Å². The molecule has 0 N–H and O–H groups in total. The number of nitrogens with zero attached hydrogens (tertiary/aromatic N) is 2. The molecule has 1 aliphatic rings. The average molecular weight is 929 g/mol. The first-order valence-electron chi connectivity index (χ1n) is 25.3. The standard InChI is InChI=1S/C71H48N2/c1-5-21-50(22-6-1)58-34-19-23-51-24-20-35-64(70(51)58)62-33-15-17-37-67(62)72(56-42-39-49(40-43-56)52-41-45-63-61-32-14-18-38-68(61)73(69(63)47-52)55-29-11-4-12-30-55)57-44-46-60-59-31-13-16-36-65(59)71(66(60)48-57,53-25-7-2-8-26-53)54-27-9-3-10-28-54/h1-48H. The molecule has 0 amide bonds. The van der Waals surface area contributed by atoms with Gasteiger partial charge in [0, 0.05) is 33.4 Å². The van der Waals surface area contributed by atoms with Crippen molar-refractivity contribution in [2.45, 2.75) is 5.41 Å². The average Bonchev–Trinajstić information content (AvgIpc) is 3.96. The van der Waals surface area contributed by atoms with Gasteiger partial charge in [-0.3, -0.25) is 0 Å². The largest absolute Gasteiger partial charge is 0.310 e. The minimum atomic E-state index is -0.555. The lowest BCUT2D eigenvalue weighted by atomic mass is 9.67. The summed E-state index contributed by atoms with van der Waals surface area (Å²) >= 11 is 0. The zero-order valence-corrected chi connectivity index (χ0v) is 40.1. The molecule has 1 heterocycles. The predicted molar refractivity (Wildman–Crippen MR) is 307 cm³/mol. The molecule has 2 nitrogen and oxygen atoms in total. The number of fused-ring (bicyclic) bond motifs is 7. The fourth-order valence-electron chi connectivity index (χ4n) is 12.1. The van der Waals surface area contributed by atoms with Gasteiger partial charge in [-0.25, -0.2) is 0 Å². The van der Waals surface area contributed by atoms with Crippen molar-refractivity contribution in [2.24, 2.45) is 0 Å². The predicted octanol–water partition coefficient (Wildman–Crippen LogP) is 18.8. The van der Waals surface area contributed by atoms with Gasteiger partial charge in [-0.1, -0.05) is 237 Å². The van der Waals surface area contributed by atoms with Crippen LogP contribution in [0.1, 0.15) is 22.3 Å². The van der Waals surface area contributed by atoms with Crippen molar-refractivity contribution in [2.75, 3.05) is 4.90 Å². The molecule has 0 aliphatic heterocycles. The summed E-state index contributed by atoms with van der Waals surface area (Å²) in [6.07, 6.45) is 0. The molecular formula is C71H48N2. The van der Waals surface area contributed by atoms with Gasteiger partial charge in [-0.05, 0) is 127 Å². The Balaban J connectivity index is 0.992. The fraction of sp³-hybridized carbons (Fsp3) is 0.0141. The van der Waals surface area contributed by atoms with Gasteiger partial charge in [0.05, 0.1) is 22.1 Å². The second-order valence-corrected chi connectivity index (χ2v) is 19.2. The molecule has 0 bridgehead atoms. The summed E-state index contributed by atoms with van der Waals surface area (Å²) in [7, 11) is 0. The van der Waals surface area contributed by atoms with Gasteiger partial charge in [0.2, 0.25) is 0 Å². The number of para-hydroxylation sites is 3. The zero-order chi connectivity index (χ0) is 48.3. The van der Waals surface area contributed by atoms with E-state index in [1.807, 2.05) is 0 Å². The number of anilines is 3. The molecule has 0 spiro atoms. The number of benzene rings is 12. The van der Waals surface area contributed by atoms with Crippen molar-refractivity contribution in [1.29, 1.82) is 0 Å². The first kappa shape index (κ1) is 42.4. The number of hydrogen-bond acceptors (Lipinski definition) is 1. The third-order valence-electron chi connectivity index (χ3n) is 15.3. The highest BCUT2D eigenvalue weighted by molar-refractivity contribution is 6.11. The van der Waals surface area contributed by atoms with Crippen LogP contribution in [0.4, 0.5) is 17.1 Å². The fourth-order valence-corrected chi connectivity index (χ4v) is 12.1. The van der Waals surface area contributed by atoms with Crippen molar-refractivity contribution in [3.05, 3.63) is 313 Å². The van der Waals surface area contributed by atoms with Crippen LogP contribution in [0.2, 0.25) is 0 Å². The van der Waals surface area contributed by atoms with Crippen LogP contribution in [-0.2, 0) is 5.41 Å². The molecule has 1 aliphatic carbocycles. The van der Waals surface area contributed by atoms with Gasteiger partial charge in [-0.2, -0.15) is 0 Å². The number of hydrogen-bond donors (Lipinski definition) is 0. The Morgan fingerprint density at radius 3 is 1.59 bits per heavy atom. The quantitative estimate of drug-likeness (QED) is 0.140. The van der Waals surface area contributed by atoms with Gasteiger partial charge in [-0.15, -0.1) is 0 Å². The third-order valence-corrected chi connectivity index (χ3v) is 15.3. The molecule has 342 valence electrons. The normalized spacial score (nSPS) is 12.5. The van der Waals surface area contributed by atoms with E-state index in [0.717, 1.165) is 33.9 Å². The Kier molecular flexibility index (Phi) is 10.1. The number of rotatable bonds is 9. The SMILES string of the molecule is c1ccc(-c2cccc3cccc(-c4ccccc4N(c4ccc(-c5ccc6c7ccccc7n(-c7ccccc7)c6c5)cc4)c4ccc5c(c4)C(c4ccccc4)(c4ccccc4)c4ccccc4-5)c23)cc1. The van der Waals surface area contributed by atoms with E-state index in [4.69, 9.17) is 0 Å². The molecule has 0 saturated carbocycles. The molecule has 0 fully saturated rings. The van der Waals surface area contributed by atoms with Crippen molar-refractivity contribution in [3.63, 3.8) is 0 Å². The Morgan fingerprint density at radius 2 is 0.849 bits per heavy atom. The third kappa shape index (κ3) is 6.79. The van der Waals surface area contributed by atoms with Crippen LogP contribution < -0.4 is 4.90 Å². The van der Waals surface area contributed by atoms with E-state index in [0.29, 0.717) is 0 Å². The van der Waals surface area contributed by atoms with E-state index in [9.17, 15) is 0 Å². The Bertz CT molecular complexity index is 4130. The van der Waals surface area contributed by atoms with Gasteiger partial charge in [0.15, 0.2) is 0 Å². The summed E-state index contributed by atoms with van der Waals surface area (Å²) in [5.41, 5.74) is 20.9. The van der Waals surface area contributed by atoms with E-state index in [1.165, 1.54) is 88.2 Å². The molecule has 0 atom stereocenters. The topological polar surface area (TPSA) is 8.17 Å². The van der Waals surface area contributed by atoms with Crippen molar-refractivity contribution in [1.82, 2.24) is 4.57 Å². The lowest BCUT2D eigenvalue weighted by molar-refractivity contribution is 0.768. The summed E-state index contributed by atoms with van der Waals surface area (Å²) in [6, 6.07) is 107. The van der Waals surface area contributed by atoms with Gasteiger partial charge >= 0.3 is 0 Å². The molecule has 0 unspecified atom stereocenters. The van der Waals surface area contributed by atoms with Crippen molar-refractivity contribution in [3.8, 4) is 50.2 Å².